The lowest BCUT2D eigenvalue weighted by atomic mass is 10.0. The Morgan fingerprint density at radius 2 is 1.59 bits per heavy atom. The second-order valence-corrected chi connectivity index (χ2v) is 8.62. The number of nitrogens with two attached hydrogens (primary N) is 3. The van der Waals surface area contributed by atoms with Gasteiger partial charge in [0.1, 0.15) is 18.1 Å². The fourth-order valence-corrected chi connectivity index (χ4v) is 3.09. The molecule has 0 spiro atoms. The minimum atomic E-state index is -1.63. The number of aromatic amines is 1. The molecule has 0 aliphatic rings. The van der Waals surface area contributed by atoms with Crippen molar-refractivity contribution in [2.75, 3.05) is 6.54 Å². The molecule has 206 valence electrons. The van der Waals surface area contributed by atoms with Crippen molar-refractivity contribution in [2.24, 2.45) is 28.1 Å². The topological polar surface area (TPSA) is 281 Å². The Kier molecular flexibility index (Phi) is 12.5. The maximum atomic E-state index is 13.0. The number of aliphatic imine (C=N–C) groups is 1. The molecule has 0 fully saturated rings. The fourth-order valence-electron chi connectivity index (χ4n) is 3.09. The Morgan fingerprint density at radius 3 is 2.11 bits per heavy atom. The van der Waals surface area contributed by atoms with E-state index in [4.69, 9.17) is 17.2 Å². The maximum Gasteiger partial charge on any atom is 0.326 e. The number of carbonyl (C=O) groups is 5. The predicted octanol–water partition coefficient (Wildman–Crippen LogP) is -3.00. The van der Waals surface area contributed by atoms with E-state index in [1.165, 1.54) is 12.5 Å². The Morgan fingerprint density at radius 1 is 1.00 bits per heavy atom. The number of hydrogen-bond donors (Lipinski definition) is 9. The summed E-state index contributed by atoms with van der Waals surface area (Å²) in [5.74, 6) is -5.72. The van der Waals surface area contributed by atoms with E-state index < -0.39 is 60.2 Å². The fraction of sp³-hybridized carbons (Fsp3) is 0.571. The van der Waals surface area contributed by atoms with Gasteiger partial charge < -0.3 is 48.3 Å². The van der Waals surface area contributed by atoms with E-state index >= 15 is 0 Å². The van der Waals surface area contributed by atoms with Crippen LogP contribution in [0.3, 0.4) is 0 Å². The average molecular weight is 526 g/mol. The molecule has 16 heteroatoms. The van der Waals surface area contributed by atoms with Gasteiger partial charge in [-0.2, -0.15) is 0 Å². The number of amides is 3. The van der Waals surface area contributed by atoms with Gasteiger partial charge in [-0.15, -0.1) is 0 Å². The number of guanidine groups is 1. The average Bonchev–Trinajstić information content (AvgIpc) is 3.31. The zero-order chi connectivity index (χ0) is 28.1. The molecule has 0 bridgehead atoms. The van der Waals surface area contributed by atoms with Crippen molar-refractivity contribution in [2.45, 2.75) is 63.7 Å². The minimum absolute atomic E-state index is 0.0398. The number of carboxylic acid groups (broad SMARTS) is 2. The van der Waals surface area contributed by atoms with Crippen LogP contribution in [0.2, 0.25) is 0 Å². The summed E-state index contributed by atoms with van der Waals surface area (Å²) in [5.41, 5.74) is 16.8. The third-order valence-electron chi connectivity index (χ3n) is 5.20. The van der Waals surface area contributed by atoms with Gasteiger partial charge >= 0.3 is 11.9 Å². The minimum Gasteiger partial charge on any atom is -0.481 e. The first-order valence-corrected chi connectivity index (χ1v) is 11.5. The van der Waals surface area contributed by atoms with Crippen LogP contribution in [0.25, 0.3) is 0 Å². The van der Waals surface area contributed by atoms with Gasteiger partial charge in [-0.25, -0.2) is 9.78 Å². The molecule has 37 heavy (non-hydrogen) atoms. The molecule has 0 saturated heterocycles. The molecule has 4 atom stereocenters. The number of nitrogens with one attached hydrogen (secondary N) is 4. The summed E-state index contributed by atoms with van der Waals surface area (Å²) < 4.78 is 0. The lowest BCUT2D eigenvalue weighted by Gasteiger charge is -2.25. The zero-order valence-corrected chi connectivity index (χ0v) is 20.6. The number of carboxylic acids is 2. The number of nitrogens with zero attached hydrogens (tertiary/aromatic N) is 2. The molecule has 0 radical (unpaired) electrons. The number of aromatic nitrogens is 2. The molecule has 0 saturated carbocycles. The van der Waals surface area contributed by atoms with E-state index in [2.05, 4.69) is 30.9 Å². The molecule has 16 nitrogen and oxygen atoms in total. The number of imidazole rings is 1. The number of hydrogen-bond acceptors (Lipinski definition) is 8. The normalized spacial score (nSPS) is 14.1. The first kappa shape index (κ1) is 30.8. The van der Waals surface area contributed by atoms with Crippen LogP contribution in [0.15, 0.2) is 17.5 Å². The molecule has 4 unspecified atom stereocenters. The van der Waals surface area contributed by atoms with E-state index in [1.807, 2.05) is 0 Å². The van der Waals surface area contributed by atoms with Crippen LogP contribution in [0.1, 0.15) is 38.8 Å². The molecule has 1 aromatic heterocycles. The van der Waals surface area contributed by atoms with Crippen LogP contribution >= 0.6 is 0 Å². The largest absolute Gasteiger partial charge is 0.481 e. The Hall–Kier alpha value is -4.21. The van der Waals surface area contributed by atoms with Crippen LogP contribution < -0.4 is 33.2 Å². The summed E-state index contributed by atoms with van der Waals surface area (Å²) in [5, 5.41) is 25.7. The summed E-state index contributed by atoms with van der Waals surface area (Å²) in [6.45, 7) is 3.58. The zero-order valence-electron chi connectivity index (χ0n) is 20.6. The van der Waals surface area contributed by atoms with E-state index in [0.717, 1.165) is 0 Å². The van der Waals surface area contributed by atoms with E-state index in [-0.39, 0.29) is 37.7 Å². The van der Waals surface area contributed by atoms with Crippen molar-refractivity contribution < 1.29 is 34.2 Å². The molecule has 3 amide bonds. The highest BCUT2D eigenvalue weighted by Crippen LogP contribution is 2.06. The number of carbonyl (C=O) groups excluding carboxylic acids is 3. The summed E-state index contributed by atoms with van der Waals surface area (Å²) in [7, 11) is 0. The van der Waals surface area contributed by atoms with Crippen LogP contribution in [0, 0.1) is 5.92 Å². The Balaban J connectivity index is 3.02. The molecular weight excluding hydrogens is 490 g/mol. The molecule has 0 aliphatic heterocycles. The summed E-state index contributed by atoms with van der Waals surface area (Å²) in [6, 6.07) is -5.19. The van der Waals surface area contributed by atoms with Crippen molar-refractivity contribution in [1.82, 2.24) is 25.9 Å². The molecule has 1 heterocycles. The van der Waals surface area contributed by atoms with Gasteiger partial charge in [0.15, 0.2) is 5.96 Å². The number of rotatable bonds is 16. The first-order chi connectivity index (χ1) is 17.3. The van der Waals surface area contributed by atoms with Crippen molar-refractivity contribution in [3.8, 4) is 0 Å². The highest BCUT2D eigenvalue weighted by atomic mass is 16.4. The summed E-state index contributed by atoms with van der Waals surface area (Å²) in [6.07, 6.45) is 2.00. The van der Waals surface area contributed by atoms with Crippen LogP contribution in [0.5, 0.6) is 0 Å². The number of aliphatic carboxylic acids is 2. The molecule has 1 aromatic rings. The van der Waals surface area contributed by atoms with Crippen LogP contribution in [-0.4, -0.2) is 86.5 Å². The van der Waals surface area contributed by atoms with E-state index in [0.29, 0.717) is 5.69 Å². The van der Waals surface area contributed by atoms with Crippen LogP contribution in [-0.2, 0) is 30.4 Å². The van der Waals surface area contributed by atoms with Gasteiger partial charge in [0.25, 0.3) is 0 Å². The maximum absolute atomic E-state index is 13.0. The number of H-pyrrole nitrogens is 1. The highest BCUT2D eigenvalue weighted by molar-refractivity contribution is 5.95. The Labute approximate surface area is 212 Å². The van der Waals surface area contributed by atoms with Crippen molar-refractivity contribution in [3.05, 3.63) is 18.2 Å². The first-order valence-electron chi connectivity index (χ1n) is 11.5. The van der Waals surface area contributed by atoms with Crippen LogP contribution in [0.4, 0.5) is 0 Å². The predicted molar refractivity (Wildman–Crippen MR) is 131 cm³/mol. The van der Waals surface area contributed by atoms with Gasteiger partial charge in [-0.3, -0.25) is 24.2 Å². The summed E-state index contributed by atoms with van der Waals surface area (Å²) in [4.78, 5) is 71.6. The molecule has 1 rings (SSSR count). The quantitative estimate of drug-likeness (QED) is 0.0595. The van der Waals surface area contributed by atoms with Gasteiger partial charge in [0.2, 0.25) is 17.7 Å². The van der Waals surface area contributed by atoms with Crippen molar-refractivity contribution in [3.63, 3.8) is 0 Å². The SMILES string of the molecule is CC(C)C(N)C(=O)NC(CCCN=C(N)N)C(=O)NC(CC(=O)O)C(=O)NC(Cc1cnc[nH]1)C(=O)O. The molecule has 12 N–H and O–H groups in total. The van der Waals surface area contributed by atoms with Gasteiger partial charge in [-0.1, -0.05) is 13.8 Å². The highest BCUT2D eigenvalue weighted by Gasteiger charge is 2.32. The summed E-state index contributed by atoms with van der Waals surface area (Å²) >= 11 is 0. The lowest BCUT2D eigenvalue weighted by Crippen LogP contribution is -2.58. The van der Waals surface area contributed by atoms with Gasteiger partial charge in [-0.05, 0) is 18.8 Å². The van der Waals surface area contributed by atoms with E-state index in [1.54, 1.807) is 13.8 Å². The molecule has 0 aliphatic carbocycles. The third kappa shape index (κ3) is 11.4. The molecular formula is C21H35N9O7. The monoisotopic (exact) mass is 525 g/mol. The standard InChI is InChI=1S/C21H35N9O7/c1-10(2)16(22)19(35)28-12(4-3-5-26-21(23)24)17(33)29-13(7-15(31)32)18(34)30-14(20(36)37)6-11-8-25-9-27-11/h8-10,12-14,16H,3-7,22H2,1-2H3,(H,25,27)(H,28,35)(H,29,33)(H,30,34)(H,31,32)(H,36,37)(H4,23,24,26). The second-order valence-electron chi connectivity index (χ2n) is 8.62. The van der Waals surface area contributed by atoms with Crippen molar-refractivity contribution in [1.29, 1.82) is 0 Å². The van der Waals surface area contributed by atoms with Gasteiger partial charge in [0, 0.05) is 24.9 Å². The molecule has 0 aromatic carbocycles. The Bertz CT molecular complexity index is 962. The van der Waals surface area contributed by atoms with Crippen molar-refractivity contribution >= 4 is 35.6 Å². The van der Waals surface area contributed by atoms with Gasteiger partial charge in [0.05, 0.1) is 18.8 Å². The lowest BCUT2D eigenvalue weighted by molar-refractivity contribution is -0.143. The smallest absolute Gasteiger partial charge is 0.326 e. The van der Waals surface area contributed by atoms with E-state index in [9.17, 15) is 34.2 Å². The second kappa shape index (κ2) is 15.0. The third-order valence-corrected chi connectivity index (χ3v) is 5.20.